The van der Waals surface area contributed by atoms with E-state index in [0.717, 1.165) is 12.0 Å². The summed E-state index contributed by atoms with van der Waals surface area (Å²) >= 11 is 0. The maximum absolute atomic E-state index is 3.53. The van der Waals surface area contributed by atoms with Crippen LogP contribution in [0.15, 0.2) is 0 Å². The van der Waals surface area contributed by atoms with Crippen molar-refractivity contribution >= 4 is 0 Å². The minimum Gasteiger partial charge on any atom is -0.316 e. The molecule has 2 unspecified atom stereocenters. The lowest BCUT2D eigenvalue weighted by Crippen LogP contribution is -2.43. The van der Waals surface area contributed by atoms with Gasteiger partial charge in [0.1, 0.15) is 0 Å². The van der Waals surface area contributed by atoms with Crippen molar-refractivity contribution in [1.82, 2.24) is 10.2 Å². The summed E-state index contributed by atoms with van der Waals surface area (Å²) in [6.45, 7) is 11.9. The van der Waals surface area contributed by atoms with E-state index in [2.05, 4.69) is 31.0 Å². The van der Waals surface area contributed by atoms with Gasteiger partial charge in [-0.1, -0.05) is 27.2 Å². The Bertz CT molecular complexity index is 170. The number of hydrogen-bond acceptors (Lipinski definition) is 2. The van der Waals surface area contributed by atoms with Crippen LogP contribution in [0, 0.1) is 5.92 Å². The number of nitrogens with zero attached hydrogens (tertiary/aromatic N) is 1. The summed E-state index contributed by atoms with van der Waals surface area (Å²) in [5, 5.41) is 3.53. The van der Waals surface area contributed by atoms with Gasteiger partial charge >= 0.3 is 0 Å². The predicted molar refractivity (Wildman–Crippen MR) is 71.8 cm³/mol. The van der Waals surface area contributed by atoms with Gasteiger partial charge in [-0.2, -0.15) is 0 Å². The topological polar surface area (TPSA) is 15.3 Å². The van der Waals surface area contributed by atoms with Gasteiger partial charge in [0.2, 0.25) is 0 Å². The molecule has 2 nitrogen and oxygen atoms in total. The van der Waals surface area contributed by atoms with E-state index in [4.69, 9.17) is 0 Å². The third-order valence-corrected chi connectivity index (χ3v) is 3.69. The zero-order valence-electron chi connectivity index (χ0n) is 11.5. The Balaban J connectivity index is 2.22. The molecule has 2 heteroatoms. The SMILES string of the molecule is CCCNCC(C)CN1CCCCC1CC. The van der Waals surface area contributed by atoms with Crippen molar-refractivity contribution in [1.29, 1.82) is 0 Å². The molecule has 0 radical (unpaired) electrons. The molecule has 0 aromatic carbocycles. The highest BCUT2D eigenvalue weighted by molar-refractivity contribution is 4.77. The largest absolute Gasteiger partial charge is 0.316 e. The van der Waals surface area contributed by atoms with Crippen molar-refractivity contribution in [2.75, 3.05) is 26.2 Å². The van der Waals surface area contributed by atoms with Gasteiger partial charge in [0, 0.05) is 12.6 Å². The summed E-state index contributed by atoms with van der Waals surface area (Å²) in [5.74, 6) is 0.790. The molecule has 0 bridgehead atoms. The Kier molecular flexibility index (Phi) is 7.06. The number of hydrogen-bond donors (Lipinski definition) is 1. The molecule has 1 aliphatic rings. The second-order valence-corrected chi connectivity index (χ2v) is 5.36. The van der Waals surface area contributed by atoms with Gasteiger partial charge in [0.25, 0.3) is 0 Å². The first-order valence-corrected chi connectivity index (χ1v) is 7.22. The van der Waals surface area contributed by atoms with Crippen LogP contribution in [0.2, 0.25) is 0 Å². The molecule has 1 rings (SSSR count). The number of nitrogens with one attached hydrogen (secondary N) is 1. The third-order valence-electron chi connectivity index (χ3n) is 3.69. The maximum atomic E-state index is 3.53. The molecule has 0 aliphatic carbocycles. The van der Waals surface area contributed by atoms with Gasteiger partial charge in [0.05, 0.1) is 0 Å². The highest BCUT2D eigenvalue weighted by atomic mass is 15.2. The van der Waals surface area contributed by atoms with Gasteiger partial charge in [-0.3, -0.25) is 0 Å². The van der Waals surface area contributed by atoms with Crippen LogP contribution in [0.1, 0.15) is 52.9 Å². The number of piperidine rings is 1. The Hall–Kier alpha value is -0.0800. The first kappa shape index (κ1) is 14.0. The van der Waals surface area contributed by atoms with E-state index in [-0.39, 0.29) is 0 Å². The van der Waals surface area contributed by atoms with E-state index >= 15 is 0 Å². The van der Waals surface area contributed by atoms with Crippen LogP contribution in [0.4, 0.5) is 0 Å². The van der Waals surface area contributed by atoms with Crippen LogP contribution in [-0.2, 0) is 0 Å². The fourth-order valence-electron chi connectivity index (χ4n) is 2.75. The summed E-state index contributed by atoms with van der Waals surface area (Å²) in [4.78, 5) is 2.72. The molecule has 1 N–H and O–H groups in total. The Morgan fingerprint density at radius 2 is 2.12 bits per heavy atom. The Labute approximate surface area is 102 Å². The van der Waals surface area contributed by atoms with Gasteiger partial charge < -0.3 is 10.2 Å². The van der Waals surface area contributed by atoms with Gasteiger partial charge in [-0.05, 0) is 51.2 Å². The molecule has 2 atom stereocenters. The minimum absolute atomic E-state index is 0.790. The van der Waals surface area contributed by atoms with Crippen LogP contribution < -0.4 is 5.32 Å². The Morgan fingerprint density at radius 1 is 1.31 bits per heavy atom. The summed E-state index contributed by atoms with van der Waals surface area (Å²) < 4.78 is 0. The lowest BCUT2D eigenvalue weighted by Gasteiger charge is -2.36. The molecule has 0 amide bonds. The molecule has 1 heterocycles. The third kappa shape index (κ3) is 4.84. The monoisotopic (exact) mass is 226 g/mol. The van der Waals surface area contributed by atoms with Crippen molar-refractivity contribution in [2.45, 2.75) is 58.9 Å². The van der Waals surface area contributed by atoms with Crippen LogP contribution >= 0.6 is 0 Å². The molecule has 96 valence electrons. The quantitative estimate of drug-likeness (QED) is 0.672. The summed E-state index contributed by atoms with van der Waals surface area (Å²) in [5.41, 5.74) is 0. The minimum atomic E-state index is 0.790. The number of rotatable bonds is 7. The molecule has 0 spiro atoms. The smallest absolute Gasteiger partial charge is 0.00927 e. The lowest BCUT2D eigenvalue weighted by molar-refractivity contribution is 0.124. The predicted octanol–water partition coefficient (Wildman–Crippen LogP) is 2.89. The fourth-order valence-corrected chi connectivity index (χ4v) is 2.75. The first-order chi connectivity index (χ1) is 7.77. The summed E-state index contributed by atoms with van der Waals surface area (Å²) in [7, 11) is 0. The van der Waals surface area contributed by atoms with Gasteiger partial charge in [0.15, 0.2) is 0 Å². The van der Waals surface area contributed by atoms with Crippen LogP contribution in [0.25, 0.3) is 0 Å². The van der Waals surface area contributed by atoms with Gasteiger partial charge in [-0.25, -0.2) is 0 Å². The fraction of sp³-hybridized carbons (Fsp3) is 1.00. The normalized spacial score (nSPS) is 24.6. The molecule has 1 saturated heterocycles. The van der Waals surface area contributed by atoms with E-state index in [0.29, 0.717) is 0 Å². The standard InChI is InChI=1S/C14H30N2/c1-4-9-15-11-13(3)12-16-10-7-6-8-14(16)5-2/h13-15H,4-12H2,1-3H3. The zero-order valence-corrected chi connectivity index (χ0v) is 11.5. The van der Waals surface area contributed by atoms with Crippen molar-refractivity contribution in [3.63, 3.8) is 0 Å². The zero-order chi connectivity index (χ0) is 11.8. The van der Waals surface area contributed by atoms with E-state index in [1.54, 1.807) is 0 Å². The molecule has 1 fully saturated rings. The van der Waals surface area contributed by atoms with Crippen molar-refractivity contribution < 1.29 is 0 Å². The van der Waals surface area contributed by atoms with E-state index in [9.17, 15) is 0 Å². The highest BCUT2D eigenvalue weighted by Crippen LogP contribution is 2.20. The van der Waals surface area contributed by atoms with Crippen molar-refractivity contribution in [3.05, 3.63) is 0 Å². The Morgan fingerprint density at radius 3 is 2.81 bits per heavy atom. The van der Waals surface area contributed by atoms with E-state index in [1.165, 1.54) is 58.3 Å². The van der Waals surface area contributed by atoms with Crippen molar-refractivity contribution in [2.24, 2.45) is 5.92 Å². The van der Waals surface area contributed by atoms with Crippen LogP contribution in [-0.4, -0.2) is 37.1 Å². The highest BCUT2D eigenvalue weighted by Gasteiger charge is 2.21. The summed E-state index contributed by atoms with van der Waals surface area (Å²) in [6.07, 6.45) is 6.85. The van der Waals surface area contributed by atoms with Crippen LogP contribution in [0.3, 0.4) is 0 Å². The van der Waals surface area contributed by atoms with E-state index in [1.807, 2.05) is 0 Å². The summed E-state index contributed by atoms with van der Waals surface area (Å²) in [6, 6.07) is 0.863. The molecular weight excluding hydrogens is 196 g/mol. The number of likely N-dealkylation sites (tertiary alicyclic amines) is 1. The second kappa shape index (κ2) is 8.08. The molecule has 0 aromatic heterocycles. The molecule has 0 aromatic rings. The second-order valence-electron chi connectivity index (χ2n) is 5.36. The van der Waals surface area contributed by atoms with Gasteiger partial charge in [-0.15, -0.1) is 0 Å². The average molecular weight is 226 g/mol. The first-order valence-electron chi connectivity index (χ1n) is 7.22. The molecular formula is C14H30N2. The maximum Gasteiger partial charge on any atom is 0.00927 e. The van der Waals surface area contributed by atoms with E-state index < -0.39 is 0 Å². The average Bonchev–Trinajstić information content (AvgIpc) is 2.30. The molecule has 16 heavy (non-hydrogen) atoms. The molecule has 0 saturated carbocycles. The van der Waals surface area contributed by atoms with Crippen molar-refractivity contribution in [3.8, 4) is 0 Å². The lowest BCUT2D eigenvalue weighted by atomic mass is 9.98. The van der Waals surface area contributed by atoms with Crippen LogP contribution in [0.5, 0.6) is 0 Å². The molecule has 1 aliphatic heterocycles.